The zero-order valence-corrected chi connectivity index (χ0v) is 17.6. The molecule has 0 spiro atoms. The van der Waals surface area contributed by atoms with Crippen molar-refractivity contribution in [3.63, 3.8) is 0 Å². The molecule has 4 rings (SSSR count). The maximum absolute atomic E-state index is 14.1. The van der Waals surface area contributed by atoms with Gasteiger partial charge in [0.1, 0.15) is 5.65 Å². The van der Waals surface area contributed by atoms with Gasteiger partial charge in [-0.2, -0.15) is 15.1 Å². The van der Waals surface area contributed by atoms with E-state index in [0.717, 1.165) is 10.9 Å². The van der Waals surface area contributed by atoms with E-state index in [4.69, 9.17) is 10.1 Å². The van der Waals surface area contributed by atoms with Gasteiger partial charge in [0.25, 0.3) is 6.43 Å². The molecule has 0 atom stereocenters. The van der Waals surface area contributed by atoms with E-state index in [0.29, 0.717) is 39.2 Å². The fourth-order valence-electron chi connectivity index (χ4n) is 4.28. The number of halogens is 2. The van der Waals surface area contributed by atoms with Crippen molar-refractivity contribution in [3.8, 4) is 6.01 Å². The molecule has 9 heteroatoms. The maximum atomic E-state index is 14.1. The lowest BCUT2D eigenvalue weighted by atomic mass is 9.91. The van der Waals surface area contributed by atoms with E-state index in [2.05, 4.69) is 20.2 Å². The van der Waals surface area contributed by atoms with Crippen LogP contribution in [0, 0.1) is 33.1 Å². The molecule has 0 radical (unpaired) electrons. The number of H-pyrrole nitrogens is 1. The molecule has 0 fully saturated rings. The van der Waals surface area contributed by atoms with Crippen LogP contribution in [-0.4, -0.2) is 37.6 Å². The first kappa shape index (κ1) is 19.9. The second-order valence-corrected chi connectivity index (χ2v) is 7.43. The first-order chi connectivity index (χ1) is 14.2. The van der Waals surface area contributed by atoms with Gasteiger partial charge in [0.05, 0.1) is 29.7 Å². The number of aromatic amines is 1. The number of hydrogen-bond acceptors (Lipinski definition) is 5. The summed E-state index contributed by atoms with van der Waals surface area (Å²) in [5, 5.41) is 17.4. The van der Waals surface area contributed by atoms with Gasteiger partial charge in [-0.25, -0.2) is 8.78 Å². The first-order valence-corrected chi connectivity index (χ1v) is 9.40. The molecule has 0 saturated heterocycles. The highest BCUT2D eigenvalue weighted by Crippen LogP contribution is 2.37. The Morgan fingerprint density at radius 1 is 1.17 bits per heavy atom. The number of ether oxygens (including phenoxy) is 1. The summed E-state index contributed by atoms with van der Waals surface area (Å²) in [5.74, 6) is 0. The second kappa shape index (κ2) is 6.86. The third-order valence-electron chi connectivity index (χ3n) is 5.59. The Labute approximate surface area is 171 Å². The van der Waals surface area contributed by atoms with E-state index >= 15 is 0 Å². The average molecular weight is 412 g/mol. The minimum atomic E-state index is -2.73. The molecule has 1 aromatic carbocycles. The molecule has 3 heterocycles. The number of fused-ring (bicyclic) bond motifs is 2. The minimum absolute atomic E-state index is 0.000123. The summed E-state index contributed by atoms with van der Waals surface area (Å²) < 4.78 is 35.2. The van der Waals surface area contributed by atoms with Crippen LogP contribution in [0.1, 0.15) is 45.8 Å². The van der Waals surface area contributed by atoms with Crippen LogP contribution in [0.5, 0.6) is 6.01 Å². The number of benzene rings is 1. The molecule has 0 aliphatic heterocycles. The fourth-order valence-corrected chi connectivity index (χ4v) is 4.28. The van der Waals surface area contributed by atoms with Crippen molar-refractivity contribution in [1.29, 1.82) is 5.41 Å². The Morgan fingerprint density at radius 2 is 1.87 bits per heavy atom. The normalized spacial score (nSPS) is 11.8. The standard InChI is InChI=1S/C21H22F2N6O/c1-8-7-12-15(11(4)27-28-12)16(13(8)19(22)23)17(24)18-9(2)14-10(3)25-21(30-6)26-20(14)29(18)5/h7,19,24H,1-6H3,(H,27,28). The SMILES string of the molecule is COc1nc(C)c2c(C)c(C(=N)c3c(C(F)F)c(C)cc4n[nH]c(C)c34)n(C)c2n1. The number of nitrogens with zero attached hydrogens (tertiary/aromatic N) is 4. The van der Waals surface area contributed by atoms with Gasteiger partial charge in [0, 0.05) is 34.6 Å². The highest BCUT2D eigenvalue weighted by molar-refractivity contribution is 6.20. The van der Waals surface area contributed by atoms with Gasteiger partial charge in [-0.3, -0.25) is 10.5 Å². The smallest absolute Gasteiger partial charge is 0.318 e. The van der Waals surface area contributed by atoms with Crippen LogP contribution in [0.2, 0.25) is 0 Å². The highest BCUT2D eigenvalue weighted by Gasteiger charge is 2.28. The van der Waals surface area contributed by atoms with Crippen molar-refractivity contribution in [2.24, 2.45) is 7.05 Å². The summed E-state index contributed by atoms with van der Waals surface area (Å²) in [6, 6.07) is 1.85. The molecular formula is C21H22F2N6O. The van der Waals surface area contributed by atoms with E-state index in [1.54, 1.807) is 31.5 Å². The quantitative estimate of drug-likeness (QED) is 0.485. The molecule has 2 N–H and O–H groups in total. The van der Waals surface area contributed by atoms with Crippen molar-refractivity contribution in [2.45, 2.75) is 34.1 Å². The zero-order chi connectivity index (χ0) is 21.9. The minimum Gasteiger partial charge on any atom is -0.467 e. The summed E-state index contributed by atoms with van der Waals surface area (Å²) >= 11 is 0. The Bertz CT molecular complexity index is 1340. The number of rotatable bonds is 4. The Hall–Kier alpha value is -3.36. The molecule has 0 amide bonds. The Balaban J connectivity index is 2.09. The van der Waals surface area contributed by atoms with Crippen molar-refractivity contribution in [2.75, 3.05) is 7.11 Å². The third kappa shape index (κ3) is 2.68. The topological polar surface area (TPSA) is 92.5 Å². The Kier molecular flexibility index (Phi) is 4.56. The van der Waals surface area contributed by atoms with Crippen molar-refractivity contribution < 1.29 is 13.5 Å². The zero-order valence-electron chi connectivity index (χ0n) is 17.6. The van der Waals surface area contributed by atoms with Gasteiger partial charge in [0.2, 0.25) is 0 Å². The number of aryl methyl sites for hydroxylation is 5. The van der Waals surface area contributed by atoms with E-state index in [9.17, 15) is 8.78 Å². The van der Waals surface area contributed by atoms with Crippen LogP contribution in [0.25, 0.3) is 21.9 Å². The number of hydrogen-bond donors (Lipinski definition) is 2. The van der Waals surface area contributed by atoms with E-state index in [1.807, 2.05) is 13.8 Å². The van der Waals surface area contributed by atoms with Gasteiger partial charge in [0.15, 0.2) is 0 Å². The number of alkyl halides is 2. The summed E-state index contributed by atoms with van der Waals surface area (Å²) in [5.41, 5.74) is 4.19. The van der Waals surface area contributed by atoms with Crippen LogP contribution in [-0.2, 0) is 7.05 Å². The van der Waals surface area contributed by atoms with Gasteiger partial charge in [-0.05, 0) is 44.9 Å². The predicted molar refractivity (Wildman–Crippen MR) is 111 cm³/mol. The Morgan fingerprint density at radius 3 is 2.50 bits per heavy atom. The largest absolute Gasteiger partial charge is 0.467 e. The summed E-state index contributed by atoms with van der Waals surface area (Å²) in [4.78, 5) is 8.75. The molecule has 0 aliphatic rings. The lowest BCUT2D eigenvalue weighted by Crippen LogP contribution is -2.14. The first-order valence-electron chi connectivity index (χ1n) is 9.40. The average Bonchev–Trinajstić information content (AvgIpc) is 3.17. The number of aromatic nitrogens is 5. The summed E-state index contributed by atoms with van der Waals surface area (Å²) in [7, 11) is 3.25. The van der Waals surface area contributed by atoms with E-state index in [1.165, 1.54) is 7.11 Å². The van der Waals surface area contributed by atoms with Crippen LogP contribution in [0.4, 0.5) is 8.78 Å². The van der Waals surface area contributed by atoms with Gasteiger partial charge >= 0.3 is 6.01 Å². The third-order valence-corrected chi connectivity index (χ3v) is 5.59. The molecule has 0 unspecified atom stereocenters. The van der Waals surface area contributed by atoms with Gasteiger partial charge in [-0.1, -0.05) is 0 Å². The lowest BCUT2D eigenvalue weighted by molar-refractivity contribution is 0.150. The van der Waals surface area contributed by atoms with Crippen LogP contribution in [0.3, 0.4) is 0 Å². The fraction of sp³-hybridized carbons (Fsp3) is 0.333. The molecule has 30 heavy (non-hydrogen) atoms. The van der Waals surface area contributed by atoms with Crippen molar-refractivity contribution in [3.05, 3.63) is 45.4 Å². The molecule has 4 aromatic rings. The number of methoxy groups -OCH3 is 1. The van der Waals surface area contributed by atoms with Crippen LogP contribution < -0.4 is 4.74 Å². The van der Waals surface area contributed by atoms with Gasteiger partial charge in [-0.15, -0.1) is 0 Å². The van der Waals surface area contributed by atoms with Crippen LogP contribution in [0.15, 0.2) is 6.07 Å². The van der Waals surface area contributed by atoms with E-state index < -0.39 is 6.43 Å². The van der Waals surface area contributed by atoms with Crippen LogP contribution >= 0.6 is 0 Å². The molecule has 0 saturated carbocycles. The van der Waals surface area contributed by atoms with E-state index in [-0.39, 0.29) is 22.8 Å². The second-order valence-electron chi connectivity index (χ2n) is 7.43. The molecular weight excluding hydrogens is 390 g/mol. The van der Waals surface area contributed by atoms with Crippen molar-refractivity contribution >= 4 is 27.6 Å². The molecule has 3 aromatic heterocycles. The number of nitrogens with one attached hydrogen (secondary N) is 2. The predicted octanol–water partition coefficient (Wildman–Crippen LogP) is 4.44. The van der Waals surface area contributed by atoms with Crippen molar-refractivity contribution in [1.82, 2.24) is 24.7 Å². The molecule has 0 aliphatic carbocycles. The monoisotopic (exact) mass is 412 g/mol. The lowest BCUT2D eigenvalue weighted by Gasteiger charge is -2.16. The molecule has 7 nitrogen and oxygen atoms in total. The molecule has 0 bridgehead atoms. The molecule has 156 valence electrons. The highest BCUT2D eigenvalue weighted by atomic mass is 19.3. The summed E-state index contributed by atoms with van der Waals surface area (Å²) in [6.45, 7) is 7.08. The summed E-state index contributed by atoms with van der Waals surface area (Å²) in [6.07, 6.45) is -2.73. The maximum Gasteiger partial charge on any atom is 0.318 e. The van der Waals surface area contributed by atoms with Gasteiger partial charge < -0.3 is 9.30 Å².